The largest absolute Gasteiger partial charge is 0.377 e. The van der Waals surface area contributed by atoms with Crippen molar-refractivity contribution in [2.24, 2.45) is 0 Å². The number of thioether (sulfide) groups is 1. The van der Waals surface area contributed by atoms with E-state index < -0.39 is 0 Å². The van der Waals surface area contributed by atoms with Crippen LogP contribution in [0.3, 0.4) is 0 Å². The second kappa shape index (κ2) is 8.84. The molecule has 1 amide bonds. The zero-order valence-electron chi connectivity index (χ0n) is 15.4. The highest BCUT2D eigenvalue weighted by Gasteiger charge is 2.23. The Kier molecular flexibility index (Phi) is 6.03. The summed E-state index contributed by atoms with van der Waals surface area (Å²) in [7, 11) is 0. The van der Waals surface area contributed by atoms with E-state index in [0.29, 0.717) is 13.0 Å². The Labute approximate surface area is 163 Å². The molecule has 1 atom stereocenters. The number of pyridine rings is 1. The maximum absolute atomic E-state index is 12.4. The third-order valence-corrected chi connectivity index (χ3v) is 6.09. The summed E-state index contributed by atoms with van der Waals surface area (Å²) in [6.07, 6.45) is 9.84. The van der Waals surface area contributed by atoms with Crippen LogP contribution >= 0.6 is 11.8 Å². The maximum atomic E-state index is 12.4. The SMILES string of the molecule is O=C1CCCCCN1Cc1nnc(SC[C@H]2CCCO2)n1-c1cccnc1. The second-order valence-electron chi connectivity index (χ2n) is 7.02. The minimum atomic E-state index is 0.210. The van der Waals surface area contributed by atoms with Crippen LogP contribution in [0.4, 0.5) is 0 Å². The average molecular weight is 388 g/mol. The highest BCUT2D eigenvalue weighted by atomic mass is 32.2. The van der Waals surface area contributed by atoms with E-state index >= 15 is 0 Å². The number of likely N-dealkylation sites (tertiary alicyclic amines) is 1. The average Bonchev–Trinajstić information content (AvgIpc) is 3.30. The van der Waals surface area contributed by atoms with Crippen LogP contribution in [0.1, 0.15) is 44.3 Å². The zero-order chi connectivity index (χ0) is 18.5. The van der Waals surface area contributed by atoms with Gasteiger partial charge in [0.1, 0.15) is 0 Å². The predicted molar refractivity (Wildman–Crippen MR) is 103 cm³/mol. The summed E-state index contributed by atoms with van der Waals surface area (Å²) < 4.78 is 7.77. The second-order valence-corrected chi connectivity index (χ2v) is 8.00. The van der Waals surface area contributed by atoms with Gasteiger partial charge in [-0.3, -0.25) is 14.3 Å². The molecule has 7 nitrogen and oxygen atoms in total. The molecule has 0 N–H and O–H groups in total. The first-order valence-corrected chi connectivity index (χ1v) is 10.7. The van der Waals surface area contributed by atoms with E-state index in [9.17, 15) is 4.79 Å². The van der Waals surface area contributed by atoms with E-state index in [0.717, 1.165) is 67.7 Å². The molecule has 2 aromatic heterocycles. The lowest BCUT2D eigenvalue weighted by Gasteiger charge is -2.20. The topological polar surface area (TPSA) is 73.1 Å². The number of amides is 1. The Morgan fingerprint density at radius 2 is 2.19 bits per heavy atom. The van der Waals surface area contributed by atoms with E-state index in [-0.39, 0.29) is 12.0 Å². The molecule has 8 heteroatoms. The Morgan fingerprint density at radius 1 is 1.22 bits per heavy atom. The van der Waals surface area contributed by atoms with Crippen molar-refractivity contribution in [3.63, 3.8) is 0 Å². The molecule has 2 aromatic rings. The summed E-state index contributed by atoms with van der Waals surface area (Å²) in [6.45, 7) is 2.13. The molecule has 4 heterocycles. The van der Waals surface area contributed by atoms with Crippen molar-refractivity contribution in [2.75, 3.05) is 18.9 Å². The van der Waals surface area contributed by atoms with Gasteiger partial charge in [0.05, 0.1) is 24.5 Å². The highest BCUT2D eigenvalue weighted by molar-refractivity contribution is 7.99. The lowest BCUT2D eigenvalue weighted by atomic mass is 10.2. The van der Waals surface area contributed by atoms with E-state index in [4.69, 9.17) is 4.74 Å². The quantitative estimate of drug-likeness (QED) is 0.710. The van der Waals surface area contributed by atoms with Crippen molar-refractivity contribution >= 4 is 17.7 Å². The van der Waals surface area contributed by atoms with E-state index in [2.05, 4.69) is 15.2 Å². The van der Waals surface area contributed by atoms with Crippen LogP contribution in [0, 0.1) is 0 Å². The molecule has 0 saturated carbocycles. The van der Waals surface area contributed by atoms with Crippen LogP contribution in [0.5, 0.6) is 0 Å². The van der Waals surface area contributed by atoms with Crippen LogP contribution in [0.15, 0.2) is 29.7 Å². The number of carbonyl (C=O) groups is 1. The van der Waals surface area contributed by atoms with E-state index in [1.54, 1.807) is 18.0 Å². The van der Waals surface area contributed by atoms with Crippen molar-refractivity contribution < 1.29 is 9.53 Å². The Bertz CT molecular complexity index is 761. The lowest BCUT2D eigenvalue weighted by molar-refractivity contribution is -0.131. The minimum absolute atomic E-state index is 0.210. The fourth-order valence-electron chi connectivity index (χ4n) is 3.56. The standard InChI is InChI=1S/C19H25N5O2S/c25-18-8-2-1-3-10-23(18)13-17-21-22-19(27-14-16-7-5-11-26-16)24(17)15-6-4-9-20-12-15/h4,6,9,12,16H,1-3,5,7-8,10-11,13-14H2/t16-/m1/s1. The fourth-order valence-corrected chi connectivity index (χ4v) is 4.60. The Hall–Kier alpha value is -1.93. The molecule has 2 aliphatic rings. The smallest absolute Gasteiger partial charge is 0.222 e. The molecule has 0 aromatic carbocycles. The molecule has 0 spiro atoms. The molecule has 144 valence electrons. The molecule has 0 bridgehead atoms. The minimum Gasteiger partial charge on any atom is -0.377 e. The van der Waals surface area contributed by atoms with Crippen molar-refractivity contribution in [2.45, 2.75) is 56.3 Å². The maximum Gasteiger partial charge on any atom is 0.222 e. The molecule has 2 fully saturated rings. The molecule has 27 heavy (non-hydrogen) atoms. The molecule has 0 aliphatic carbocycles. The summed E-state index contributed by atoms with van der Waals surface area (Å²) in [5, 5.41) is 9.68. The normalized spacial score (nSPS) is 20.8. The van der Waals surface area contributed by atoms with Crippen molar-refractivity contribution in [3.05, 3.63) is 30.4 Å². The van der Waals surface area contributed by atoms with E-state index in [1.165, 1.54) is 0 Å². The van der Waals surface area contributed by atoms with Crippen LogP contribution in [-0.4, -0.2) is 55.6 Å². The Morgan fingerprint density at radius 3 is 3.00 bits per heavy atom. The number of aromatic nitrogens is 4. The van der Waals surface area contributed by atoms with Gasteiger partial charge >= 0.3 is 0 Å². The molecular weight excluding hydrogens is 362 g/mol. The van der Waals surface area contributed by atoms with Gasteiger partial charge in [0, 0.05) is 31.5 Å². The summed E-state index contributed by atoms with van der Waals surface area (Å²) in [5.74, 6) is 1.86. The van der Waals surface area contributed by atoms with Gasteiger partial charge in [-0.15, -0.1) is 10.2 Å². The van der Waals surface area contributed by atoms with Gasteiger partial charge in [-0.2, -0.15) is 0 Å². The lowest BCUT2D eigenvalue weighted by Crippen LogP contribution is -2.31. The number of nitrogens with zero attached hydrogens (tertiary/aromatic N) is 5. The molecular formula is C19H25N5O2S. The number of carbonyl (C=O) groups excluding carboxylic acids is 1. The third-order valence-electron chi connectivity index (χ3n) is 5.03. The van der Waals surface area contributed by atoms with E-state index in [1.807, 2.05) is 27.8 Å². The fraction of sp³-hybridized carbons (Fsp3) is 0.579. The molecule has 4 rings (SSSR count). The van der Waals surface area contributed by atoms with Crippen LogP contribution in [-0.2, 0) is 16.1 Å². The van der Waals surface area contributed by atoms with Crippen LogP contribution in [0.25, 0.3) is 5.69 Å². The van der Waals surface area contributed by atoms with Crippen molar-refractivity contribution in [1.82, 2.24) is 24.6 Å². The number of ether oxygens (including phenoxy) is 1. The van der Waals surface area contributed by atoms with Gasteiger partial charge < -0.3 is 9.64 Å². The highest BCUT2D eigenvalue weighted by Crippen LogP contribution is 2.26. The van der Waals surface area contributed by atoms with Gasteiger partial charge in [0.15, 0.2) is 11.0 Å². The molecule has 2 aliphatic heterocycles. The first kappa shape index (κ1) is 18.4. The van der Waals surface area contributed by atoms with Gasteiger partial charge in [-0.1, -0.05) is 18.2 Å². The van der Waals surface area contributed by atoms with Gasteiger partial charge in [-0.05, 0) is 37.8 Å². The zero-order valence-corrected chi connectivity index (χ0v) is 16.2. The molecule has 0 unspecified atom stereocenters. The first-order chi connectivity index (χ1) is 13.3. The number of rotatable bonds is 6. The van der Waals surface area contributed by atoms with Crippen molar-refractivity contribution in [3.8, 4) is 5.69 Å². The van der Waals surface area contributed by atoms with Gasteiger partial charge in [-0.25, -0.2) is 0 Å². The predicted octanol–water partition coefficient (Wildman–Crippen LogP) is 2.84. The summed E-state index contributed by atoms with van der Waals surface area (Å²) >= 11 is 1.66. The number of hydrogen-bond donors (Lipinski definition) is 0. The Balaban J connectivity index is 1.57. The van der Waals surface area contributed by atoms with Crippen LogP contribution < -0.4 is 0 Å². The third kappa shape index (κ3) is 4.50. The first-order valence-electron chi connectivity index (χ1n) is 9.68. The van der Waals surface area contributed by atoms with Crippen molar-refractivity contribution in [1.29, 1.82) is 0 Å². The monoisotopic (exact) mass is 387 g/mol. The summed E-state index contributed by atoms with van der Waals surface area (Å²) in [6, 6.07) is 3.91. The summed E-state index contributed by atoms with van der Waals surface area (Å²) in [5.41, 5.74) is 0.926. The van der Waals surface area contributed by atoms with Gasteiger partial charge in [0.25, 0.3) is 0 Å². The van der Waals surface area contributed by atoms with Gasteiger partial charge in [0.2, 0.25) is 5.91 Å². The molecule has 0 radical (unpaired) electrons. The molecule has 2 saturated heterocycles. The number of hydrogen-bond acceptors (Lipinski definition) is 6. The van der Waals surface area contributed by atoms with Crippen LogP contribution in [0.2, 0.25) is 0 Å². The summed E-state index contributed by atoms with van der Waals surface area (Å²) in [4.78, 5) is 18.6.